The number of benzene rings is 3. The van der Waals surface area contributed by atoms with Crippen molar-refractivity contribution >= 4 is 26.2 Å². The van der Waals surface area contributed by atoms with Crippen LogP contribution in [-0.2, 0) is 35.4 Å². The molecule has 0 fully saturated rings. The van der Waals surface area contributed by atoms with E-state index < -0.39 is 8.32 Å². The quantitative estimate of drug-likeness (QED) is 0.172. The Bertz CT molecular complexity index is 1430. The first-order valence-electron chi connectivity index (χ1n) is 10.9. The van der Waals surface area contributed by atoms with Gasteiger partial charge in [0.25, 0.3) is 0 Å². The van der Waals surface area contributed by atoms with E-state index in [0.717, 1.165) is 11.3 Å². The molecule has 6 heteroatoms. The van der Waals surface area contributed by atoms with Crippen LogP contribution in [0, 0.1) is 10.4 Å². The molecule has 1 radical (unpaired) electrons. The Hall–Kier alpha value is -1.42. The van der Waals surface area contributed by atoms with Crippen molar-refractivity contribution in [1.82, 2.24) is 0 Å². The van der Waals surface area contributed by atoms with Gasteiger partial charge in [-0.3, -0.25) is 0 Å². The van der Waals surface area contributed by atoms with E-state index in [1.807, 2.05) is 0 Å². The second-order valence-corrected chi connectivity index (χ2v) is 13.6. The molecule has 0 spiro atoms. The first-order chi connectivity index (χ1) is 15.0. The number of allylic oxidation sites excluding steroid dienone is 1. The van der Waals surface area contributed by atoms with E-state index in [0.29, 0.717) is 6.79 Å². The summed E-state index contributed by atoms with van der Waals surface area (Å²) >= 11 is 0. The van der Waals surface area contributed by atoms with Gasteiger partial charge in [-0.25, -0.2) is 0 Å². The maximum atomic E-state index is 6.15. The molecule has 0 heterocycles. The molecule has 0 bridgehead atoms. The Kier molecular flexibility index (Phi) is 9.78. The van der Waals surface area contributed by atoms with Gasteiger partial charge in [-0.2, -0.15) is 0 Å². The molecule has 5 rings (SSSR count). The van der Waals surface area contributed by atoms with Crippen LogP contribution in [0.3, 0.4) is 0 Å². The van der Waals surface area contributed by atoms with Crippen LogP contribution in [0.25, 0.3) is 17.9 Å². The summed E-state index contributed by atoms with van der Waals surface area (Å²) in [5.41, 5.74) is 4.93. The van der Waals surface area contributed by atoms with Gasteiger partial charge in [0, 0.05) is 11.5 Å². The number of fused-ring (bicyclic) bond motifs is 3. The number of ether oxygens (including phenoxy) is 1. The zero-order valence-electron chi connectivity index (χ0n) is 19.8. The van der Waals surface area contributed by atoms with Crippen LogP contribution in [-0.4, -0.2) is 15.1 Å². The summed E-state index contributed by atoms with van der Waals surface area (Å²) < 4.78 is 12.1. The van der Waals surface area contributed by atoms with Crippen molar-refractivity contribution in [2.45, 2.75) is 32.5 Å². The molecule has 3 aromatic rings. The smallest absolute Gasteiger partial charge is 1.00 e. The van der Waals surface area contributed by atoms with Gasteiger partial charge >= 0.3 is 26.2 Å². The van der Waals surface area contributed by atoms with Gasteiger partial charge in [-0.15, -0.1) is 33.4 Å². The van der Waals surface area contributed by atoms with Crippen molar-refractivity contribution in [3.63, 3.8) is 0 Å². The van der Waals surface area contributed by atoms with Crippen molar-refractivity contribution in [2.24, 2.45) is 0 Å². The van der Waals surface area contributed by atoms with E-state index in [1.54, 1.807) is 0 Å². The summed E-state index contributed by atoms with van der Waals surface area (Å²) in [7, 11) is -1.63. The molecule has 2 nitrogen and oxygen atoms in total. The monoisotopic (exact) mass is 583 g/mol. The fourth-order valence-corrected chi connectivity index (χ4v) is 4.91. The molecule has 2 aliphatic carbocycles. The van der Waals surface area contributed by atoms with Gasteiger partial charge in [0.2, 0.25) is 0 Å². The van der Waals surface area contributed by atoms with E-state index in [-0.39, 0.29) is 56.9 Å². The van der Waals surface area contributed by atoms with Gasteiger partial charge in [0.05, 0.1) is 0 Å². The molecule has 0 saturated heterocycles. The molecular formula is C28H27Cl2O2SiZr. The fourth-order valence-electron chi connectivity index (χ4n) is 4.50. The summed E-state index contributed by atoms with van der Waals surface area (Å²) in [5.74, 6) is 1.04. The van der Waals surface area contributed by atoms with E-state index in [4.69, 9.17) is 9.16 Å². The Labute approximate surface area is 234 Å². The van der Waals surface area contributed by atoms with E-state index in [9.17, 15) is 0 Å². The Morgan fingerprint density at radius 1 is 0.912 bits per heavy atom. The molecule has 173 valence electrons. The summed E-state index contributed by atoms with van der Waals surface area (Å²) in [5, 5.41) is 4.94. The normalized spacial score (nSPS) is 15.5. The maximum absolute atomic E-state index is 6.15. The van der Waals surface area contributed by atoms with Crippen molar-refractivity contribution < 1.29 is 60.2 Å². The maximum Gasteiger partial charge on any atom is 3.00 e. The molecule has 0 aliphatic heterocycles. The minimum Gasteiger partial charge on any atom is -1.00 e. The van der Waals surface area contributed by atoms with Crippen molar-refractivity contribution in [1.29, 1.82) is 0 Å². The predicted molar refractivity (Wildman–Crippen MR) is 129 cm³/mol. The van der Waals surface area contributed by atoms with Crippen LogP contribution in [0.15, 0.2) is 66.7 Å². The average Bonchev–Trinajstić information content (AvgIpc) is 3.31. The van der Waals surface area contributed by atoms with Crippen molar-refractivity contribution in [3.8, 4) is 0 Å². The van der Waals surface area contributed by atoms with Crippen LogP contribution in [0.4, 0.5) is 0 Å². The summed E-state index contributed by atoms with van der Waals surface area (Å²) in [6.45, 7) is 8.94. The number of hydrogen-bond donors (Lipinski definition) is 0. The summed E-state index contributed by atoms with van der Waals surface area (Å²) in [6.07, 6.45) is 8.15. The van der Waals surface area contributed by atoms with Gasteiger partial charge in [-0.05, 0) is 38.2 Å². The van der Waals surface area contributed by atoms with E-state index in [2.05, 4.69) is 105 Å². The van der Waals surface area contributed by atoms with E-state index >= 15 is 0 Å². The molecule has 3 aromatic carbocycles. The Balaban J connectivity index is 0.00000136. The topological polar surface area (TPSA) is 18.5 Å². The molecule has 0 saturated carbocycles. The second kappa shape index (κ2) is 11.5. The molecule has 0 N–H and O–H groups in total. The Morgan fingerprint density at radius 2 is 1.62 bits per heavy atom. The van der Waals surface area contributed by atoms with Gasteiger partial charge in [-0.1, -0.05) is 71.5 Å². The van der Waals surface area contributed by atoms with Crippen molar-refractivity contribution in [3.05, 3.63) is 110 Å². The van der Waals surface area contributed by atoms with Gasteiger partial charge in [0.1, 0.15) is 5.76 Å². The number of halogens is 2. The van der Waals surface area contributed by atoms with Crippen LogP contribution >= 0.6 is 0 Å². The minimum atomic E-state index is -1.63. The second-order valence-electron chi connectivity index (χ2n) is 9.07. The molecule has 0 amide bonds. The molecule has 1 atom stereocenters. The molecular weight excluding hydrogens is 559 g/mol. The largest absolute Gasteiger partial charge is 3.00 e. The standard InChI is InChI=1S/C28H27O2Si.2ClH.Zr/c1-5-19-14-15-23-21-11-7-6-10-20(21)16-25(23)28(19)26-17-27(29-18-30-31(2,3)4)24-13-9-8-12-22(24)26;;;/h5-15,17,26H,18H2,1-4H3;2*1H;/q-1;;;+3/p-2. The van der Waals surface area contributed by atoms with Crippen LogP contribution in [0.1, 0.15) is 35.1 Å². The third kappa shape index (κ3) is 5.37. The van der Waals surface area contributed by atoms with Gasteiger partial charge < -0.3 is 34.0 Å². The molecule has 1 unspecified atom stereocenters. The minimum absolute atomic E-state index is 0. The SMILES string of the molecule is CC=c1ccc2c(c1C1C=C(OCO[Si](C)(C)C)c3ccccc31)[C-]=c1ccccc1=2.[Cl-].[Cl-].[Zr+3]. The van der Waals surface area contributed by atoms with Gasteiger partial charge in [0.15, 0.2) is 15.1 Å². The molecule has 2 aliphatic rings. The first kappa shape index (κ1) is 28.8. The van der Waals surface area contributed by atoms with Crippen molar-refractivity contribution in [2.75, 3.05) is 6.79 Å². The number of rotatable bonds is 5. The average molecular weight is 586 g/mol. The first-order valence-corrected chi connectivity index (χ1v) is 14.3. The third-order valence-electron chi connectivity index (χ3n) is 5.96. The summed E-state index contributed by atoms with van der Waals surface area (Å²) in [4.78, 5) is 0. The van der Waals surface area contributed by atoms with E-state index in [1.165, 1.54) is 37.6 Å². The van der Waals surface area contributed by atoms with Crippen LogP contribution < -0.4 is 35.3 Å². The third-order valence-corrected chi connectivity index (χ3v) is 6.95. The van der Waals surface area contributed by atoms with Crippen LogP contribution in [0.2, 0.25) is 19.6 Å². The molecule has 0 aromatic heterocycles. The fraction of sp³-hybridized carbons (Fsp3) is 0.214. The zero-order chi connectivity index (χ0) is 21.6. The zero-order valence-corrected chi connectivity index (χ0v) is 24.8. The Morgan fingerprint density at radius 3 is 2.35 bits per heavy atom. The van der Waals surface area contributed by atoms with Crippen LogP contribution in [0.5, 0.6) is 0 Å². The number of hydrogen-bond acceptors (Lipinski definition) is 2. The summed E-state index contributed by atoms with van der Waals surface area (Å²) in [6, 6.07) is 21.5. The predicted octanol–water partition coefficient (Wildman–Crippen LogP) is -0.889. The molecule has 34 heavy (non-hydrogen) atoms.